The molecule has 1 heterocycles. The summed E-state index contributed by atoms with van der Waals surface area (Å²) in [5, 5.41) is 0. The van der Waals surface area contributed by atoms with E-state index in [1.54, 1.807) is 0 Å². The largest absolute Gasteiger partial charge is 0.303 e. The zero-order valence-electron chi connectivity index (χ0n) is 11.7. The van der Waals surface area contributed by atoms with Gasteiger partial charge in [0.15, 0.2) is 0 Å². The van der Waals surface area contributed by atoms with E-state index in [-0.39, 0.29) is 0 Å². The molecule has 0 spiro atoms. The highest BCUT2D eigenvalue weighted by Gasteiger charge is 2.36. The van der Waals surface area contributed by atoms with Crippen LogP contribution in [0.4, 0.5) is 4.39 Å². The molecule has 1 nitrogen and oxygen atoms in total. The van der Waals surface area contributed by atoms with Crippen molar-refractivity contribution in [3.8, 4) is 0 Å². The summed E-state index contributed by atoms with van der Waals surface area (Å²) in [7, 11) is 0. The van der Waals surface area contributed by atoms with Crippen molar-refractivity contribution < 1.29 is 4.39 Å². The fraction of sp³-hybridized carbons (Fsp3) is 0.625. The summed E-state index contributed by atoms with van der Waals surface area (Å²) in [5.41, 5.74) is 0.0269. The molecule has 0 radical (unpaired) electrons. The Hall–Kier alpha value is -0.890. The van der Waals surface area contributed by atoms with Crippen LogP contribution in [0.5, 0.6) is 0 Å². The van der Waals surface area contributed by atoms with Crippen LogP contribution in [-0.4, -0.2) is 24.5 Å². The van der Waals surface area contributed by atoms with E-state index in [2.05, 4.69) is 25.7 Å². The second-order valence-electron chi connectivity index (χ2n) is 6.67. The average molecular weight is 249 g/mol. The lowest BCUT2D eigenvalue weighted by Crippen LogP contribution is -2.43. The highest BCUT2D eigenvalue weighted by Crippen LogP contribution is 2.37. The van der Waals surface area contributed by atoms with Crippen LogP contribution in [0.1, 0.15) is 39.2 Å². The molecule has 0 bridgehead atoms. The first-order chi connectivity index (χ1) is 8.39. The van der Waals surface area contributed by atoms with Crippen molar-refractivity contribution in [1.29, 1.82) is 0 Å². The van der Waals surface area contributed by atoms with Gasteiger partial charge in [-0.2, -0.15) is 0 Å². The molecule has 2 rings (SSSR count). The fourth-order valence-corrected chi connectivity index (χ4v) is 2.76. The van der Waals surface area contributed by atoms with Gasteiger partial charge in [-0.05, 0) is 23.8 Å². The molecule has 0 N–H and O–H groups in total. The van der Waals surface area contributed by atoms with Crippen LogP contribution < -0.4 is 0 Å². The number of piperidine rings is 1. The predicted octanol–water partition coefficient (Wildman–Crippen LogP) is 3.99. The number of likely N-dealkylation sites (tertiary alicyclic amines) is 1. The normalized spacial score (nSPS) is 20.9. The van der Waals surface area contributed by atoms with Gasteiger partial charge in [0.2, 0.25) is 0 Å². The molecular formula is C16H24FN. The minimum absolute atomic E-state index is 0.295. The Morgan fingerprint density at radius 2 is 1.67 bits per heavy atom. The number of hydrogen-bond donors (Lipinski definition) is 0. The van der Waals surface area contributed by atoms with E-state index < -0.39 is 5.67 Å². The zero-order valence-corrected chi connectivity index (χ0v) is 11.7. The van der Waals surface area contributed by atoms with Gasteiger partial charge >= 0.3 is 0 Å². The maximum Gasteiger partial charge on any atom is 0.138 e. The molecule has 1 saturated heterocycles. The van der Waals surface area contributed by atoms with Crippen molar-refractivity contribution in [3.05, 3.63) is 35.9 Å². The van der Waals surface area contributed by atoms with Crippen molar-refractivity contribution in [2.24, 2.45) is 5.41 Å². The summed E-state index contributed by atoms with van der Waals surface area (Å²) in [5.74, 6) is 0. The van der Waals surface area contributed by atoms with E-state index in [1.807, 2.05) is 30.3 Å². The lowest BCUT2D eigenvalue weighted by atomic mass is 9.85. The summed E-state index contributed by atoms with van der Waals surface area (Å²) >= 11 is 0. The number of hydrogen-bond acceptors (Lipinski definition) is 1. The van der Waals surface area contributed by atoms with Crippen LogP contribution in [0.3, 0.4) is 0 Å². The molecular weight excluding hydrogens is 225 g/mol. The molecule has 0 unspecified atom stereocenters. The van der Waals surface area contributed by atoms with Crippen LogP contribution in [-0.2, 0) is 5.67 Å². The van der Waals surface area contributed by atoms with Gasteiger partial charge in [-0.25, -0.2) is 4.39 Å². The first-order valence-electron chi connectivity index (χ1n) is 6.86. The Kier molecular flexibility index (Phi) is 3.76. The quantitative estimate of drug-likeness (QED) is 0.766. The molecule has 1 aromatic rings. The number of alkyl halides is 1. The maximum absolute atomic E-state index is 14.9. The standard InChI is InChI=1S/C16H24FN/c1-15(2,3)13-18-11-9-16(17,10-12-18)14-7-5-4-6-8-14/h4-8H,9-13H2,1-3H3. The smallest absolute Gasteiger partial charge is 0.138 e. The van der Waals surface area contributed by atoms with Gasteiger partial charge in [-0.3, -0.25) is 0 Å². The van der Waals surface area contributed by atoms with Gasteiger partial charge < -0.3 is 4.90 Å². The Morgan fingerprint density at radius 3 is 2.17 bits per heavy atom. The topological polar surface area (TPSA) is 3.24 Å². The Bertz CT molecular complexity index is 372. The zero-order chi connectivity index (χ0) is 13.2. The molecule has 2 heteroatoms. The highest BCUT2D eigenvalue weighted by molar-refractivity contribution is 5.23. The number of nitrogens with zero attached hydrogens (tertiary/aromatic N) is 1. The first-order valence-corrected chi connectivity index (χ1v) is 6.86. The molecule has 0 aliphatic carbocycles. The molecule has 0 amide bonds. The average Bonchev–Trinajstić information content (AvgIpc) is 2.32. The van der Waals surface area contributed by atoms with Crippen molar-refractivity contribution in [2.75, 3.05) is 19.6 Å². The van der Waals surface area contributed by atoms with Gasteiger partial charge in [0.05, 0.1) is 0 Å². The maximum atomic E-state index is 14.9. The van der Waals surface area contributed by atoms with Crippen LogP contribution >= 0.6 is 0 Å². The second-order valence-corrected chi connectivity index (χ2v) is 6.67. The van der Waals surface area contributed by atoms with Gasteiger partial charge in [-0.15, -0.1) is 0 Å². The lowest BCUT2D eigenvalue weighted by Gasteiger charge is -2.39. The number of halogens is 1. The molecule has 1 aliphatic rings. The second kappa shape index (κ2) is 5.00. The molecule has 0 saturated carbocycles. The Morgan fingerprint density at radius 1 is 1.11 bits per heavy atom. The first kappa shape index (κ1) is 13.5. The van der Waals surface area contributed by atoms with Crippen LogP contribution in [0.2, 0.25) is 0 Å². The molecule has 0 aromatic heterocycles. The summed E-state index contributed by atoms with van der Waals surface area (Å²) in [6.45, 7) is 9.49. The van der Waals surface area contributed by atoms with E-state index in [0.717, 1.165) is 25.2 Å². The summed E-state index contributed by atoms with van der Waals surface area (Å²) in [4.78, 5) is 2.39. The fourth-order valence-electron chi connectivity index (χ4n) is 2.76. The van der Waals surface area contributed by atoms with Crippen molar-refractivity contribution >= 4 is 0 Å². The van der Waals surface area contributed by atoms with Crippen molar-refractivity contribution in [3.63, 3.8) is 0 Å². The minimum Gasteiger partial charge on any atom is -0.303 e. The monoisotopic (exact) mass is 249 g/mol. The van der Waals surface area contributed by atoms with E-state index in [4.69, 9.17) is 0 Å². The molecule has 1 fully saturated rings. The number of benzene rings is 1. The summed E-state index contributed by atoms with van der Waals surface area (Å²) in [6.07, 6.45) is 1.24. The SMILES string of the molecule is CC(C)(C)CN1CCC(F)(c2ccccc2)CC1. The molecule has 1 aromatic carbocycles. The van der Waals surface area contributed by atoms with E-state index >= 15 is 0 Å². The summed E-state index contributed by atoms with van der Waals surface area (Å²) < 4.78 is 14.9. The van der Waals surface area contributed by atoms with E-state index in [1.165, 1.54) is 0 Å². The lowest BCUT2D eigenvalue weighted by molar-refractivity contribution is 0.0416. The van der Waals surface area contributed by atoms with Crippen LogP contribution in [0.15, 0.2) is 30.3 Å². The molecule has 1 aliphatic heterocycles. The Balaban J connectivity index is 1.98. The van der Waals surface area contributed by atoms with Gasteiger partial charge in [-0.1, -0.05) is 51.1 Å². The number of rotatable bonds is 2. The molecule has 18 heavy (non-hydrogen) atoms. The minimum atomic E-state index is -1.12. The predicted molar refractivity (Wildman–Crippen MR) is 74.4 cm³/mol. The highest BCUT2D eigenvalue weighted by atomic mass is 19.1. The van der Waals surface area contributed by atoms with Gasteiger partial charge in [0.25, 0.3) is 0 Å². The van der Waals surface area contributed by atoms with Crippen molar-refractivity contribution in [1.82, 2.24) is 4.90 Å². The third-order valence-electron chi connectivity index (χ3n) is 3.64. The molecule has 0 atom stereocenters. The third kappa shape index (κ3) is 3.32. The van der Waals surface area contributed by atoms with E-state index in [0.29, 0.717) is 18.3 Å². The molecule has 100 valence electrons. The van der Waals surface area contributed by atoms with Gasteiger partial charge in [0, 0.05) is 19.6 Å². The van der Waals surface area contributed by atoms with Crippen LogP contribution in [0, 0.1) is 5.41 Å². The Labute approximate surface area is 110 Å². The summed E-state index contributed by atoms with van der Waals surface area (Å²) in [6, 6.07) is 9.64. The van der Waals surface area contributed by atoms with E-state index in [9.17, 15) is 4.39 Å². The van der Waals surface area contributed by atoms with Crippen LogP contribution in [0.25, 0.3) is 0 Å². The van der Waals surface area contributed by atoms with Crippen molar-refractivity contribution in [2.45, 2.75) is 39.3 Å². The van der Waals surface area contributed by atoms with Gasteiger partial charge in [0.1, 0.15) is 5.67 Å². The third-order valence-corrected chi connectivity index (χ3v) is 3.64.